The molecule has 0 bridgehead atoms. The molecule has 0 aliphatic rings. The summed E-state index contributed by atoms with van der Waals surface area (Å²) in [5.74, 6) is -0.0497. The molecule has 3 aromatic carbocycles. The summed E-state index contributed by atoms with van der Waals surface area (Å²) in [6.45, 7) is 6.38. The number of sulfonamides is 1. The van der Waals surface area contributed by atoms with Gasteiger partial charge in [0.25, 0.3) is 0 Å². The molecular weight excluding hydrogens is 354 g/mol. The molecule has 0 heterocycles. The van der Waals surface area contributed by atoms with E-state index in [1.807, 2.05) is 49.4 Å². The first-order chi connectivity index (χ1) is 12.9. The van der Waals surface area contributed by atoms with Gasteiger partial charge in [-0.2, -0.15) is 0 Å². The third-order valence-corrected chi connectivity index (χ3v) is 6.26. The summed E-state index contributed by atoms with van der Waals surface area (Å²) in [5, 5.41) is 0. The third-order valence-electron chi connectivity index (χ3n) is 4.82. The van der Waals surface area contributed by atoms with Gasteiger partial charge in [0.2, 0.25) is 10.0 Å². The van der Waals surface area contributed by atoms with Gasteiger partial charge in [-0.25, -0.2) is 13.1 Å². The maximum absolute atomic E-state index is 12.8. The molecule has 4 heteroatoms. The fourth-order valence-corrected chi connectivity index (χ4v) is 4.27. The summed E-state index contributed by atoms with van der Waals surface area (Å²) >= 11 is 0. The molecule has 0 aromatic heterocycles. The molecular formula is C23H25NO2S. The molecule has 3 aromatic rings. The average molecular weight is 380 g/mol. The van der Waals surface area contributed by atoms with Crippen molar-refractivity contribution in [2.45, 2.75) is 31.6 Å². The first-order valence-electron chi connectivity index (χ1n) is 9.05. The zero-order valence-corrected chi connectivity index (χ0v) is 16.8. The van der Waals surface area contributed by atoms with Gasteiger partial charge in [-0.05, 0) is 49.6 Å². The van der Waals surface area contributed by atoms with E-state index in [9.17, 15) is 8.42 Å². The highest BCUT2D eigenvalue weighted by Gasteiger charge is 2.21. The summed E-state index contributed by atoms with van der Waals surface area (Å²) in [4.78, 5) is 0.292. The van der Waals surface area contributed by atoms with Gasteiger partial charge in [0.05, 0.1) is 4.90 Å². The number of hydrogen-bond donors (Lipinski definition) is 1. The molecule has 0 aliphatic carbocycles. The lowest BCUT2D eigenvalue weighted by Crippen LogP contribution is -2.29. The highest BCUT2D eigenvalue weighted by atomic mass is 32.2. The average Bonchev–Trinajstić information content (AvgIpc) is 2.66. The normalized spacial score (nSPS) is 12.7. The van der Waals surface area contributed by atoms with E-state index in [-0.39, 0.29) is 5.92 Å². The van der Waals surface area contributed by atoms with Crippen LogP contribution >= 0.6 is 0 Å². The van der Waals surface area contributed by atoms with Crippen LogP contribution in [0, 0.1) is 20.8 Å². The second-order valence-electron chi connectivity index (χ2n) is 6.99. The molecule has 0 aliphatic heterocycles. The van der Waals surface area contributed by atoms with Gasteiger partial charge in [-0.1, -0.05) is 71.8 Å². The fraction of sp³-hybridized carbons (Fsp3) is 0.217. The Hall–Kier alpha value is -2.43. The number of rotatable bonds is 6. The van der Waals surface area contributed by atoms with Gasteiger partial charge in [-0.15, -0.1) is 0 Å². The Labute approximate surface area is 162 Å². The molecule has 140 valence electrons. The molecule has 1 atom stereocenters. The number of aryl methyl sites for hydroxylation is 3. The third kappa shape index (κ3) is 4.65. The number of benzene rings is 3. The Kier molecular flexibility index (Phi) is 5.78. The lowest BCUT2D eigenvalue weighted by molar-refractivity contribution is 0.577. The van der Waals surface area contributed by atoms with E-state index in [4.69, 9.17) is 0 Å². The standard InChI is InChI=1S/C23H25NO2S/c1-17-10-13-21(14-11-17)27(25,26)24-16-23(20-7-5-4-6-8-20)22-15-18(2)9-12-19(22)3/h4-15,23-24H,16H2,1-3H3. The lowest BCUT2D eigenvalue weighted by atomic mass is 9.88. The predicted molar refractivity (Wildman–Crippen MR) is 111 cm³/mol. The quantitative estimate of drug-likeness (QED) is 0.673. The van der Waals surface area contributed by atoms with Crippen molar-refractivity contribution >= 4 is 10.0 Å². The zero-order valence-electron chi connectivity index (χ0n) is 15.9. The van der Waals surface area contributed by atoms with E-state index in [0.717, 1.165) is 27.8 Å². The van der Waals surface area contributed by atoms with Crippen molar-refractivity contribution in [2.75, 3.05) is 6.54 Å². The van der Waals surface area contributed by atoms with Crippen molar-refractivity contribution in [3.05, 3.63) is 101 Å². The van der Waals surface area contributed by atoms with Gasteiger partial charge in [0.1, 0.15) is 0 Å². The summed E-state index contributed by atoms with van der Waals surface area (Å²) in [6, 6.07) is 23.3. The molecule has 27 heavy (non-hydrogen) atoms. The molecule has 3 nitrogen and oxygen atoms in total. The highest BCUT2D eigenvalue weighted by molar-refractivity contribution is 7.89. The Morgan fingerprint density at radius 1 is 0.815 bits per heavy atom. The molecule has 3 rings (SSSR count). The summed E-state index contributed by atoms with van der Waals surface area (Å²) in [5.41, 5.74) is 5.60. The number of nitrogens with one attached hydrogen (secondary N) is 1. The maximum atomic E-state index is 12.8. The minimum atomic E-state index is -3.56. The first kappa shape index (κ1) is 19.3. The number of hydrogen-bond acceptors (Lipinski definition) is 2. The minimum absolute atomic E-state index is 0.0497. The van der Waals surface area contributed by atoms with E-state index in [0.29, 0.717) is 11.4 Å². The molecule has 0 amide bonds. The molecule has 0 saturated carbocycles. The van der Waals surface area contributed by atoms with Crippen LogP contribution < -0.4 is 4.72 Å². The molecule has 0 radical (unpaired) electrons. The van der Waals surface area contributed by atoms with Crippen molar-refractivity contribution in [2.24, 2.45) is 0 Å². The lowest BCUT2D eigenvalue weighted by Gasteiger charge is -2.21. The van der Waals surface area contributed by atoms with Gasteiger partial charge < -0.3 is 0 Å². The molecule has 0 saturated heterocycles. The van der Waals surface area contributed by atoms with E-state index in [2.05, 4.69) is 36.8 Å². The summed E-state index contributed by atoms with van der Waals surface area (Å²) in [6.07, 6.45) is 0. The fourth-order valence-electron chi connectivity index (χ4n) is 3.22. The molecule has 0 spiro atoms. The van der Waals surface area contributed by atoms with Crippen molar-refractivity contribution in [1.82, 2.24) is 4.72 Å². The summed E-state index contributed by atoms with van der Waals surface area (Å²) in [7, 11) is -3.56. The van der Waals surface area contributed by atoms with Crippen LogP contribution in [0.4, 0.5) is 0 Å². The van der Waals surface area contributed by atoms with Crippen LogP contribution in [0.3, 0.4) is 0 Å². The predicted octanol–water partition coefficient (Wildman–Crippen LogP) is 4.72. The van der Waals surface area contributed by atoms with Crippen LogP contribution in [-0.2, 0) is 10.0 Å². The Balaban J connectivity index is 1.93. The maximum Gasteiger partial charge on any atom is 0.240 e. The SMILES string of the molecule is Cc1ccc(S(=O)(=O)NCC(c2ccccc2)c2cc(C)ccc2C)cc1. The van der Waals surface area contributed by atoms with E-state index in [1.54, 1.807) is 12.1 Å². The van der Waals surface area contributed by atoms with E-state index >= 15 is 0 Å². The van der Waals surface area contributed by atoms with Gasteiger partial charge in [0, 0.05) is 12.5 Å². The van der Waals surface area contributed by atoms with Crippen molar-refractivity contribution < 1.29 is 8.42 Å². The Bertz CT molecular complexity index is 1010. The van der Waals surface area contributed by atoms with Crippen LogP contribution in [0.25, 0.3) is 0 Å². The second kappa shape index (κ2) is 8.07. The minimum Gasteiger partial charge on any atom is -0.210 e. The second-order valence-corrected chi connectivity index (χ2v) is 8.76. The van der Waals surface area contributed by atoms with Crippen molar-refractivity contribution in [3.63, 3.8) is 0 Å². The van der Waals surface area contributed by atoms with Gasteiger partial charge in [-0.3, -0.25) is 0 Å². The first-order valence-corrected chi connectivity index (χ1v) is 10.5. The monoisotopic (exact) mass is 379 g/mol. The van der Waals surface area contributed by atoms with Crippen molar-refractivity contribution in [3.8, 4) is 0 Å². The van der Waals surface area contributed by atoms with Gasteiger partial charge in [0.15, 0.2) is 0 Å². The Morgan fingerprint density at radius 2 is 1.44 bits per heavy atom. The summed E-state index contributed by atoms with van der Waals surface area (Å²) < 4.78 is 28.3. The Morgan fingerprint density at radius 3 is 2.11 bits per heavy atom. The van der Waals surface area contributed by atoms with Crippen LogP contribution in [0.15, 0.2) is 77.7 Å². The topological polar surface area (TPSA) is 46.2 Å². The van der Waals surface area contributed by atoms with Crippen LogP contribution in [0.5, 0.6) is 0 Å². The van der Waals surface area contributed by atoms with Crippen molar-refractivity contribution in [1.29, 1.82) is 0 Å². The van der Waals surface area contributed by atoms with Crippen LogP contribution in [-0.4, -0.2) is 15.0 Å². The zero-order chi connectivity index (χ0) is 19.4. The smallest absolute Gasteiger partial charge is 0.210 e. The van der Waals surface area contributed by atoms with E-state index < -0.39 is 10.0 Å². The van der Waals surface area contributed by atoms with Crippen LogP contribution in [0.2, 0.25) is 0 Å². The molecule has 1 N–H and O–H groups in total. The van der Waals surface area contributed by atoms with Crippen LogP contribution in [0.1, 0.15) is 33.7 Å². The highest BCUT2D eigenvalue weighted by Crippen LogP contribution is 2.28. The largest absolute Gasteiger partial charge is 0.240 e. The van der Waals surface area contributed by atoms with E-state index in [1.165, 1.54) is 0 Å². The van der Waals surface area contributed by atoms with Gasteiger partial charge >= 0.3 is 0 Å². The molecule has 1 unspecified atom stereocenters. The molecule has 0 fully saturated rings.